The van der Waals surface area contributed by atoms with E-state index in [2.05, 4.69) is 5.10 Å². The summed E-state index contributed by atoms with van der Waals surface area (Å²) in [7, 11) is 1.32. The Labute approximate surface area is 164 Å². The molecular weight excluding hydrogens is 354 g/mol. The van der Waals surface area contributed by atoms with Gasteiger partial charge in [-0.1, -0.05) is 36.4 Å². The maximum Gasteiger partial charge on any atom is 0.325 e. The van der Waals surface area contributed by atoms with Crippen molar-refractivity contribution in [2.24, 2.45) is 0 Å². The summed E-state index contributed by atoms with van der Waals surface area (Å²) in [4.78, 5) is 26.4. The van der Waals surface area contributed by atoms with Crippen LogP contribution in [0.25, 0.3) is 0 Å². The van der Waals surface area contributed by atoms with Gasteiger partial charge in [-0.05, 0) is 41.8 Å². The fourth-order valence-corrected chi connectivity index (χ4v) is 2.93. The number of hydrogen-bond donors (Lipinski definition) is 0. The highest BCUT2D eigenvalue weighted by Gasteiger charge is 2.20. The second-order valence-electron chi connectivity index (χ2n) is 6.56. The molecule has 0 aliphatic rings. The molecule has 0 aliphatic heterocycles. The minimum Gasteiger partial charge on any atom is -0.468 e. The van der Waals surface area contributed by atoms with Gasteiger partial charge in [0.05, 0.1) is 13.7 Å². The van der Waals surface area contributed by atoms with Crippen molar-refractivity contribution < 1.29 is 14.3 Å². The zero-order valence-electron chi connectivity index (χ0n) is 16.0. The summed E-state index contributed by atoms with van der Waals surface area (Å²) in [5, 5.41) is 4.18. The van der Waals surface area contributed by atoms with Crippen molar-refractivity contribution >= 4 is 11.9 Å². The normalized spacial score (nSPS) is 10.5. The Hall–Kier alpha value is -3.41. The van der Waals surface area contributed by atoms with E-state index in [0.717, 1.165) is 16.7 Å². The molecule has 3 aromatic rings. The third-order valence-corrected chi connectivity index (χ3v) is 4.56. The first kappa shape index (κ1) is 19.4. The number of rotatable bonds is 7. The second-order valence-corrected chi connectivity index (χ2v) is 6.56. The van der Waals surface area contributed by atoms with Crippen molar-refractivity contribution in [3.63, 3.8) is 0 Å². The first-order valence-electron chi connectivity index (χ1n) is 9.04. The van der Waals surface area contributed by atoms with Gasteiger partial charge in [0.25, 0.3) is 5.91 Å². The van der Waals surface area contributed by atoms with Crippen molar-refractivity contribution in [1.29, 1.82) is 0 Å². The van der Waals surface area contributed by atoms with E-state index >= 15 is 0 Å². The van der Waals surface area contributed by atoms with Crippen molar-refractivity contribution in [3.05, 3.63) is 89.2 Å². The molecule has 0 fully saturated rings. The first-order chi connectivity index (χ1) is 13.6. The molecule has 0 radical (unpaired) electrons. The Kier molecular flexibility index (Phi) is 6.22. The lowest BCUT2D eigenvalue weighted by atomic mass is 10.1. The van der Waals surface area contributed by atoms with Crippen molar-refractivity contribution in [3.8, 4) is 0 Å². The van der Waals surface area contributed by atoms with E-state index in [1.165, 1.54) is 12.0 Å². The molecule has 0 spiro atoms. The summed E-state index contributed by atoms with van der Waals surface area (Å²) in [5.74, 6) is -0.656. The molecule has 28 heavy (non-hydrogen) atoms. The van der Waals surface area contributed by atoms with Gasteiger partial charge in [-0.25, -0.2) is 0 Å². The first-order valence-corrected chi connectivity index (χ1v) is 9.04. The van der Waals surface area contributed by atoms with Crippen LogP contribution < -0.4 is 0 Å². The number of ether oxygens (including phenoxy) is 1. The molecule has 6 heteroatoms. The minimum absolute atomic E-state index is 0.0985. The number of aryl methyl sites for hydroxylation is 1. The van der Waals surface area contributed by atoms with E-state index in [-0.39, 0.29) is 12.5 Å². The predicted molar refractivity (Wildman–Crippen MR) is 106 cm³/mol. The van der Waals surface area contributed by atoms with Gasteiger partial charge in [-0.3, -0.25) is 14.3 Å². The molecule has 0 unspecified atom stereocenters. The van der Waals surface area contributed by atoms with Crippen LogP contribution >= 0.6 is 0 Å². The Bertz CT molecular complexity index is 934. The molecule has 0 saturated heterocycles. The molecule has 0 aliphatic carbocycles. The molecule has 0 bridgehead atoms. The third-order valence-electron chi connectivity index (χ3n) is 4.56. The molecule has 0 N–H and O–H groups in total. The lowest BCUT2D eigenvalue weighted by molar-refractivity contribution is -0.141. The zero-order chi connectivity index (χ0) is 19.9. The van der Waals surface area contributed by atoms with Gasteiger partial charge < -0.3 is 9.64 Å². The van der Waals surface area contributed by atoms with Gasteiger partial charge >= 0.3 is 5.97 Å². The van der Waals surface area contributed by atoms with Crippen LogP contribution in [-0.2, 0) is 22.6 Å². The van der Waals surface area contributed by atoms with Crippen molar-refractivity contribution in [2.45, 2.75) is 20.0 Å². The van der Waals surface area contributed by atoms with E-state index in [1.807, 2.05) is 60.3 Å². The monoisotopic (exact) mass is 377 g/mol. The second kappa shape index (κ2) is 8.99. The molecular formula is C22H23N3O3. The summed E-state index contributed by atoms with van der Waals surface area (Å²) in [5.41, 5.74) is 3.63. The molecule has 1 amide bonds. The number of aromatic nitrogens is 2. The number of amides is 1. The van der Waals surface area contributed by atoms with Crippen LogP contribution in [0.1, 0.15) is 27.0 Å². The van der Waals surface area contributed by atoms with Gasteiger partial charge in [0.1, 0.15) is 6.54 Å². The molecule has 144 valence electrons. The van der Waals surface area contributed by atoms with Gasteiger partial charge in [0.2, 0.25) is 0 Å². The Morgan fingerprint density at radius 1 is 1.07 bits per heavy atom. The topological polar surface area (TPSA) is 64.4 Å². The van der Waals surface area contributed by atoms with Gasteiger partial charge in [0.15, 0.2) is 0 Å². The number of methoxy groups -OCH3 is 1. The Morgan fingerprint density at radius 3 is 2.46 bits per heavy atom. The standard InChI is InChI=1S/C22H23N3O3/c1-17-6-3-4-7-20(17)15-24(16-21(26)28-2)22(27)19-10-8-18(9-11-19)14-25-13-5-12-23-25/h3-13H,14-16H2,1-2H3. The van der Waals surface area contributed by atoms with Crippen LogP contribution in [0.2, 0.25) is 0 Å². The summed E-state index contributed by atoms with van der Waals surface area (Å²) in [6.07, 6.45) is 3.62. The molecule has 3 rings (SSSR count). The maximum atomic E-state index is 13.0. The fourth-order valence-electron chi connectivity index (χ4n) is 2.93. The van der Waals surface area contributed by atoms with Crippen molar-refractivity contribution in [1.82, 2.24) is 14.7 Å². The predicted octanol–water partition coefficient (Wildman–Crippen LogP) is 3.06. The molecule has 2 aromatic carbocycles. The lowest BCUT2D eigenvalue weighted by Crippen LogP contribution is -2.36. The van der Waals surface area contributed by atoms with Gasteiger partial charge in [0, 0.05) is 24.5 Å². The Balaban J connectivity index is 1.77. The Morgan fingerprint density at radius 2 is 1.82 bits per heavy atom. The van der Waals surface area contributed by atoms with Gasteiger partial charge in [-0.15, -0.1) is 0 Å². The highest BCUT2D eigenvalue weighted by molar-refractivity contribution is 5.96. The quantitative estimate of drug-likeness (QED) is 0.594. The third kappa shape index (κ3) is 4.85. The van der Waals surface area contributed by atoms with Crippen LogP contribution in [0.15, 0.2) is 67.0 Å². The van der Waals surface area contributed by atoms with E-state index in [9.17, 15) is 9.59 Å². The molecule has 0 atom stereocenters. The minimum atomic E-state index is -0.447. The molecule has 0 saturated carbocycles. The van der Waals surface area contributed by atoms with E-state index in [0.29, 0.717) is 18.7 Å². The van der Waals surface area contributed by atoms with Crippen LogP contribution in [-0.4, -0.2) is 40.2 Å². The number of carbonyl (C=O) groups is 2. The largest absolute Gasteiger partial charge is 0.468 e. The number of carbonyl (C=O) groups excluding carboxylic acids is 2. The van der Waals surface area contributed by atoms with E-state index < -0.39 is 5.97 Å². The average molecular weight is 377 g/mol. The van der Waals surface area contributed by atoms with Gasteiger partial charge in [-0.2, -0.15) is 5.10 Å². The smallest absolute Gasteiger partial charge is 0.325 e. The van der Waals surface area contributed by atoms with Crippen LogP contribution in [0.4, 0.5) is 0 Å². The van der Waals surface area contributed by atoms with Crippen LogP contribution in [0.3, 0.4) is 0 Å². The lowest BCUT2D eigenvalue weighted by Gasteiger charge is -2.22. The van der Waals surface area contributed by atoms with E-state index in [4.69, 9.17) is 4.74 Å². The van der Waals surface area contributed by atoms with Crippen LogP contribution in [0, 0.1) is 6.92 Å². The molecule has 6 nitrogen and oxygen atoms in total. The highest BCUT2D eigenvalue weighted by Crippen LogP contribution is 2.15. The number of benzene rings is 2. The average Bonchev–Trinajstić information content (AvgIpc) is 3.22. The fraction of sp³-hybridized carbons (Fsp3) is 0.227. The van der Waals surface area contributed by atoms with E-state index in [1.54, 1.807) is 18.3 Å². The number of hydrogen-bond acceptors (Lipinski definition) is 4. The van der Waals surface area contributed by atoms with Crippen molar-refractivity contribution in [2.75, 3.05) is 13.7 Å². The summed E-state index contributed by atoms with van der Waals surface area (Å²) < 4.78 is 6.59. The summed E-state index contributed by atoms with van der Waals surface area (Å²) >= 11 is 0. The number of nitrogens with zero attached hydrogens (tertiary/aromatic N) is 3. The molecule has 1 aromatic heterocycles. The van der Waals surface area contributed by atoms with Crippen LogP contribution in [0.5, 0.6) is 0 Å². The summed E-state index contributed by atoms with van der Waals surface area (Å²) in [6, 6.07) is 17.1. The summed E-state index contributed by atoms with van der Waals surface area (Å²) in [6.45, 7) is 2.87. The maximum absolute atomic E-state index is 13.0. The molecule has 1 heterocycles. The number of esters is 1. The zero-order valence-corrected chi connectivity index (χ0v) is 16.0. The highest BCUT2D eigenvalue weighted by atomic mass is 16.5. The SMILES string of the molecule is COC(=O)CN(Cc1ccccc1C)C(=O)c1ccc(Cn2cccn2)cc1.